The Bertz CT molecular complexity index is 731. The molecule has 1 saturated heterocycles. The summed E-state index contributed by atoms with van der Waals surface area (Å²) in [6, 6.07) is 7.94. The summed E-state index contributed by atoms with van der Waals surface area (Å²) in [4.78, 5) is 6.18. The van der Waals surface area contributed by atoms with Crippen LogP contribution in [0.2, 0.25) is 5.02 Å². The van der Waals surface area contributed by atoms with Crippen LogP contribution in [0.25, 0.3) is 0 Å². The van der Waals surface area contributed by atoms with Crippen molar-refractivity contribution in [3.05, 3.63) is 52.4 Å². The molecule has 0 amide bonds. The molecule has 1 aromatic carbocycles. The van der Waals surface area contributed by atoms with Gasteiger partial charge in [0, 0.05) is 36.5 Å². The molecule has 0 radical (unpaired) electrons. The second kappa shape index (κ2) is 6.95. The highest BCUT2D eigenvalue weighted by Gasteiger charge is 2.17. The molecule has 2 aromatic rings. The topological polar surface area (TPSA) is 49.1 Å². The van der Waals surface area contributed by atoms with E-state index in [0.717, 1.165) is 25.9 Å². The molecule has 6 heteroatoms. The van der Waals surface area contributed by atoms with Gasteiger partial charge in [-0.1, -0.05) is 11.6 Å². The number of halogens is 2. The zero-order valence-corrected chi connectivity index (χ0v) is 13.2. The van der Waals surface area contributed by atoms with Crippen molar-refractivity contribution >= 4 is 11.6 Å². The first-order valence-electron chi connectivity index (χ1n) is 7.40. The largest absolute Gasteiger partial charge is 0.439 e. The van der Waals surface area contributed by atoms with Crippen LogP contribution in [0.4, 0.5) is 4.39 Å². The van der Waals surface area contributed by atoms with E-state index in [1.807, 2.05) is 6.07 Å². The van der Waals surface area contributed by atoms with Crippen LogP contribution in [0.1, 0.15) is 24.0 Å². The van der Waals surface area contributed by atoms with Gasteiger partial charge in [-0.3, -0.25) is 4.90 Å². The van der Waals surface area contributed by atoms with E-state index >= 15 is 0 Å². The third-order valence-corrected chi connectivity index (χ3v) is 4.12. The highest BCUT2D eigenvalue weighted by atomic mass is 35.5. The lowest BCUT2D eigenvalue weighted by Gasteiger charge is -2.17. The number of hydrogen-bond donors (Lipinski definition) is 0. The van der Waals surface area contributed by atoms with Crippen molar-refractivity contribution in [1.29, 1.82) is 5.26 Å². The van der Waals surface area contributed by atoms with Gasteiger partial charge in [0.2, 0.25) is 5.88 Å². The van der Waals surface area contributed by atoms with Gasteiger partial charge in [-0.05, 0) is 32.0 Å². The molecular formula is C17H15ClFN3O. The van der Waals surface area contributed by atoms with E-state index in [9.17, 15) is 4.39 Å². The molecule has 0 bridgehead atoms. The Labute approximate surface area is 139 Å². The Morgan fingerprint density at radius 2 is 2.09 bits per heavy atom. The number of benzene rings is 1. The summed E-state index contributed by atoms with van der Waals surface area (Å²) < 4.78 is 19.9. The van der Waals surface area contributed by atoms with Crippen LogP contribution in [0.15, 0.2) is 30.5 Å². The summed E-state index contributed by atoms with van der Waals surface area (Å²) in [6.45, 7) is 2.45. The molecule has 23 heavy (non-hydrogen) atoms. The van der Waals surface area contributed by atoms with Crippen LogP contribution in [-0.2, 0) is 6.54 Å². The molecule has 4 nitrogen and oxygen atoms in total. The first-order valence-corrected chi connectivity index (χ1v) is 7.78. The molecule has 1 aliphatic heterocycles. The van der Waals surface area contributed by atoms with Gasteiger partial charge in [-0.2, -0.15) is 5.26 Å². The summed E-state index contributed by atoms with van der Waals surface area (Å²) >= 11 is 6.22. The Morgan fingerprint density at radius 3 is 2.78 bits per heavy atom. The Hall–Kier alpha value is -2.16. The van der Waals surface area contributed by atoms with Gasteiger partial charge in [-0.15, -0.1) is 0 Å². The predicted octanol–water partition coefficient (Wildman–Crippen LogP) is 4.13. The molecular weight excluding hydrogens is 317 g/mol. The SMILES string of the molecule is N#Cc1ccnc(Oc2cc(F)c(CN3CCCC3)c(Cl)c2)c1. The molecule has 1 fully saturated rings. The van der Waals surface area contributed by atoms with Crippen LogP contribution in [-0.4, -0.2) is 23.0 Å². The summed E-state index contributed by atoms with van der Waals surface area (Å²) in [5.74, 6) is 0.0999. The quantitative estimate of drug-likeness (QED) is 0.845. The summed E-state index contributed by atoms with van der Waals surface area (Å²) in [5, 5.41) is 9.21. The first kappa shape index (κ1) is 15.7. The lowest BCUT2D eigenvalue weighted by atomic mass is 10.2. The molecule has 0 saturated carbocycles. The van der Waals surface area contributed by atoms with E-state index in [2.05, 4.69) is 9.88 Å². The van der Waals surface area contributed by atoms with Crippen LogP contribution in [0.5, 0.6) is 11.6 Å². The minimum Gasteiger partial charge on any atom is -0.439 e. The fourth-order valence-corrected chi connectivity index (χ4v) is 2.87. The second-order valence-corrected chi connectivity index (χ2v) is 5.85. The fraction of sp³-hybridized carbons (Fsp3) is 0.294. The summed E-state index contributed by atoms with van der Waals surface area (Å²) in [6.07, 6.45) is 3.75. The number of likely N-dealkylation sites (tertiary alicyclic amines) is 1. The highest BCUT2D eigenvalue weighted by molar-refractivity contribution is 6.31. The van der Waals surface area contributed by atoms with Crippen molar-refractivity contribution in [2.75, 3.05) is 13.1 Å². The van der Waals surface area contributed by atoms with Crippen LogP contribution >= 0.6 is 11.6 Å². The van der Waals surface area contributed by atoms with Gasteiger partial charge in [0.25, 0.3) is 0 Å². The van der Waals surface area contributed by atoms with Crippen LogP contribution in [0, 0.1) is 17.1 Å². The summed E-state index contributed by atoms with van der Waals surface area (Å²) in [7, 11) is 0. The standard InChI is InChI=1S/C17H15ClFN3O/c18-15-8-13(23-17-7-12(10-20)3-4-21-17)9-16(19)14(15)11-22-5-1-2-6-22/h3-4,7-9H,1-2,5-6,11H2. The van der Waals surface area contributed by atoms with Crippen LogP contribution < -0.4 is 4.74 Å². The fourth-order valence-electron chi connectivity index (χ4n) is 2.61. The Kier molecular flexibility index (Phi) is 4.75. The van der Waals surface area contributed by atoms with Crippen molar-refractivity contribution in [1.82, 2.24) is 9.88 Å². The molecule has 0 spiro atoms. The lowest BCUT2D eigenvalue weighted by molar-refractivity contribution is 0.325. The van der Waals surface area contributed by atoms with E-state index in [-0.39, 0.29) is 11.6 Å². The van der Waals surface area contributed by atoms with Crippen LogP contribution in [0.3, 0.4) is 0 Å². The number of aromatic nitrogens is 1. The molecule has 1 aromatic heterocycles. The zero-order chi connectivity index (χ0) is 16.2. The first-order chi connectivity index (χ1) is 11.2. The Morgan fingerprint density at radius 1 is 1.30 bits per heavy atom. The minimum atomic E-state index is -0.393. The lowest BCUT2D eigenvalue weighted by Crippen LogP contribution is -2.19. The smallest absolute Gasteiger partial charge is 0.220 e. The number of ether oxygens (including phenoxy) is 1. The average Bonchev–Trinajstić information content (AvgIpc) is 3.04. The number of rotatable bonds is 4. The maximum Gasteiger partial charge on any atom is 0.220 e. The van der Waals surface area contributed by atoms with E-state index in [1.54, 1.807) is 12.1 Å². The minimum absolute atomic E-state index is 0.229. The molecule has 3 rings (SSSR count). The molecule has 0 atom stereocenters. The molecule has 0 N–H and O–H groups in total. The average molecular weight is 332 g/mol. The van der Waals surface area contributed by atoms with Crippen molar-refractivity contribution in [2.24, 2.45) is 0 Å². The van der Waals surface area contributed by atoms with Crippen molar-refractivity contribution in [2.45, 2.75) is 19.4 Å². The van der Waals surface area contributed by atoms with Gasteiger partial charge >= 0.3 is 0 Å². The molecule has 0 aliphatic carbocycles. The third kappa shape index (κ3) is 3.79. The van der Waals surface area contributed by atoms with Crippen molar-refractivity contribution in [3.8, 4) is 17.7 Å². The van der Waals surface area contributed by atoms with E-state index in [4.69, 9.17) is 21.6 Å². The zero-order valence-electron chi connectivity index (χ0n) is 12.4. The highest BCUT2D eigenvalue weighted by Crippen LogP contribution is 2.30. The molecule has 118 valence electrons. The molecule has 1 aliphatic rings. The third-order valence-electron chi connectivity index (χ3n) is 3.78. The number of nitriles is 1. The van der Waals surface area contributed by atoms with Gasteiger partial charge < -0.3 is 4.74 Å². The predicted molar refractivity (Wildman–Crippen MR) is 84.9 cm³/mol. The molecule has 0 unspecified atom stereocenters. The van der Waals surface area contributed by atoms with Crippen molar-refractivity contribution < 1.29 is 9.13 Å². The number of nitrogens with zero attached hydrogens (tertiary/aromatic N) is 3. The second-order valence-electron chi connectivity index (χ2n) is 5.45. The van der Waals surface area contributed by atoms with Gasteiger partial charge in [0.15, 0.2) is 0 Å². The van der Waals surface area contributed by atoms with E-state index in [1.165, 1.54) is 18.3 Å². The maximum absolute atomic E-state index is 14.3. The monoisotopic (exact) mass is 331 g/mol. The normalized spacial score (nSPS) is 14.7. The van der Waals surface area contributed by atoms with Gasteiger partial charge in [-0.25, -0.2) is 9.37 Å². The Balaban J connectivity index is 1.79. The maximum atomic E-state index is 14.3. The van der Waals surface area contributed by atoms with Gasteiger partial charge in [0.1, 0.15) is 11.6 Å². The molecule has 2 heterocycles. The number of pyridine rings is 1. The number of hydrogen-bond acceptors (Lipinski definition) is 4. The van der Waals surface area contributed by atoms with E-state index < -0.39 is 5.82 Å². The van der Waals surface area contributed by atoms with E-state index in [0.29, 0.717) is 22.7 Å². The van der Waals surface area contributed by atoms with Gasteiger partial charge in [0.05, 0.1) is 16.7 Å². The van der Waals surface area contributed by atoms with Crippen molar-refractivity contribution in [3.63, 3.8) is 0 Å². The summed E-state index contributed by atoms with van der Waals surface area (Å²) in [5.41, 5.74) is 0.909.